The van der Waals surface area contributed by atoms with E-state index in [1.165, 1.54) is 19.2 Å². The second-order valence-electron chi connectivity index (χ2n) is 5.48. The van der Waals surface area contributed by atoms with Crippen molar-refractivity contribution < 1.29 is 17.9 Å². The van der Waals surface area contributed by atoms with Gasteiger partial charge in [-0.1, -0.05) is 12.1 Å². The Bertz CT molecular complexity index is 832. The zero-order valence-electron chi connectivity index (χ0n) is 14.5. The fraction of sp³-hybridized carbons (Fsp3) is 0.278. The van der Waals surface area contributed by atoms with E-state index in [1.54, 1.807) is 17.0 Å². The number of nitrogens with one attached hydrogen (secondary N) is 1. The van der Waals surface area contributed by atoms with Crippen LogP contribution in [0.3, 0.4) is 0 Å². The maximum Gasteiger partial charge on any atom is 0.242 e. The van der Waals surface area contributed by atoms with Crippen LogP contribution in [0.15, 0.2) is 53.4 Å². The van der Waals surface area contributed by atoms with Crippen LogP contribution >= 0.6 is 0 Å². The number of carbonyl (C=O) groups is 1. The van der Waals surface area contributed by atoms with Crippen LogP contribution in [0.5, 0.6) is 5.75 Å². The summed E-state index contributed by atoms with van der Waals surface area (Å²) in [5.41, 5.74) is 1.78. The second kappa shape index (κ2) is 8.13. The zero-order chi connectivity index (χ0) is 18.4. The quantitative estimate of drug-likeness (QED) is 0.820. The Kier molecular flexibility index (Phi) is 6.17. The number of amides is 1. The minimum absolute atomic E-state index is 0.0831. The fourth-order valence-corrected chi connectivity index (χ4v) is 3.36. The molecule has 0 aromatic heterocycles. The summed E-state index contributed by atoms with van der Waals surface area (Å²) < 4.78 is 32.0. The molecule has 0 fully saturated rings. The van der Waals surface area contributed by atoms with E-state index in [9.17, 15) is 13.2 Å². The van der Waals surface area contributed by atoms with E-state index in [-0.39, 0.29) is 17.3 Å². The maximum atomic E-state index is 12.4. The minimum atomic E-state index is -3.77. The first-order chi connectivity index (χ1) is 11.9. The van der Waals surface area contributed by atoms with Crippen LogP contribution in [-0.2, 0) is 14.8 Å². The molecule has 134 valence electrons. The third kappa shape index (κ3) is 4.80. The van der Waals surface area contributed by atoms with Gasteiger partial charge in [0, 0.05) is 12.2 Å². The highest BCUT2D eigenvalue weighted by atomic mass is 32.2. The van der Waals surface area contributed by atoms with Crippen molar-refractivity contribution >= 4 is 21.6 Å². The van der Waals surface area contributed by atoms with Gasteiger partial charge in [-0.25, -0.2) is 13.1 Å². The zero-order valence-corrected chi connectivity index (χ0v) is 15.3. The van der Waals surface area contributed by atoms with Crippen LogP contribution in [0, 0.1) is 6.92 Å². The van der Waals surface area contributed by atoms with Gasteiger partial charge in [0.25, 0.3) is 0 Å². The molecule has 6 nitrogen and oxygen atoms in total. The van der Waals surface area contributed by atoms with E-state index in [1.807, 2.05) is 38.1 Å². The molecule has 0 radical (unpaired) electrons. The van der Waals surface area contributed by atoms with Gasteiger partial charge in [0.15, 0.2) is 0 Å². The monoisotopic (exact) mass is 362 g/mol. The van der Waals surface area contributed by atoms with Gasteiger partial charge in [-0.3, -0.25) is 4.79 Å². The number of hydrogen-bond acceptors (Lipinski definition) is 4. The van der Waals surface area contributed by atoms with Gasteiger partial charge in [-0.15, -0.1) is 0 Å². The van der Waals surface area contributed by atoms with Crippen molar-refractivity contribution in [2.24, 2.45) is 0 Å². The molecule has 1 amide bonds. The minimum Gasteiger partial charge on any atom is -0.497 e. The van der Waals surface area contributed by atoms with Gasteiger partial charge in [0.2, 0.25) is 15.9 Å². The molecule has 0 heterocycles. The van der Waals surface area contributed by atoms with Gasteiger partial charge in [0.05, 0.1) is 18.6 Å². The molecule has 0 spiro atoms. The Morgan fingerprint density at radius 3 is 2.40 bits per heavy atom. The average Bonchev–Trinajstić information content (AvgIpc) is 2.61. The average molecular weight is 362 g/mol. The first-order valence-electron chi connectivity index (χ1n) is 7.88. The summed E-state index contributed by atoms with van der Waals surface area (Å²) in [5, 5.41) is 0. The number of hydrogen-bond donors (Lipinski definition) is 1. The smallest absolute Gasteiger partial charge is 0.242 e. The highest BCUT2D eigenvalue weighted by Gasteiger charge is 2.19. The Morgan fingerprint density at radius 1 is 1.16 bits per heavy atom. The highest BCUT2D eigenvalue weighted by molar-refractivity contribution is 7.89. The molecule has 0 unspecified atom stereocenters. The van der Waals surface area contributed by atoms with E-state index in [0.717, 1.165) is 11.3 Å². The fourth-order valence-electron chi connectivity index (χ4n) is 2.39. The molecule has 0 saturated heterocycles. The molecule has 0 aliphatic rings. The van der Waals surface area contributed by atoms with E-state index in [4.69, 9.17) is 4.74 Å². The SMILES string of the molecule is CCN(C(=O)CNS(=O)(=O)c1ccc(OC)cc1)c1cccc(C)c1. The number of sulfonamides is 1. The Labute approximate surface area is 148 Å². The lowest BCUT2D eigenvalue weighted by Crippen LogP contribution is -2.40. The van der Waals surface area contributed by atoms with Crippen LogP contribution in [0.4, 0.5) is 5.69 Å². The standard InChI is InChI=1S/C18H22N2O4S/c1-4-20(15-7-5-6-14(2)12-15)18(21)13-19-25(22,23)17-10-8-16(24-3)9-11-17/h5-12,19H,4,13H2,1-3H3. The molecular formula is C18H22N2O4S. The van der Waals surface area contributed by atoms with Gasteiger partial charge in [0.1, 0.15) is 5.75 Å². The Balaban J connectivity index is 2.08. The number of likely N-dealkylation sites (N-methyl/N-ethyl adjacent to an activating group) is 1. The third-order valence-corrected chi connectivity index (χ3v) is 5.13. The lowest BCUT2D eigenvalue weighted by molar-refractivity contribution is -0.117. The first kappa shape index (κ1) is 19.0. The maximum absolute atomic E-state index is 12.4. The van der Waals surface area contributed by atoms with Crippen LogP contribution < -0.4 is 14.4 Å². The molecule has 7 heteroatoms. The molecule has 0 saturated carbocycles. The van der Waals surface area contributed by atoms with Crippen molar-refractivity contribution in [1.82, 2.24) is 4.72 Å². The summed E-state index contributed by atoms with van der Waals surface area (Å²) in [6, 6.07) is 13.5. The molecule has 0 aliphatic heterocycles. The van der Waals surface area contributed by atoms with Crippen molar-refractivity contribution in [3.05, 3.63) is 54.1 Å². The van der Waals surface area contributed by atoms with E-state index < -0.39 is 10.0 Å². The summed E-state index contributed by atoms with van der Waals surface area (Å²) >= 11 is 0. The number of carbonyl (C=O) groups excluding carboxylic acids is 1. The lowest BCUT2D eigenvalue weighted by atomic mass is 10.2. The molecular weight excluding hydrogens is 340 g/mol. The molecule has 2 aromatic carbocycles. The van der Waals surface area contributed by atoms with Gasteiger partial charge in [-0.2, -0.15) is 0 Å². The Morgan fingerprint density at radius 2 is 1.84 bits per heavy atom. The summed E-state index contributed by atoms with van der Waals surface area (Å²) in [4.78, 5) is 14.1. The highest BCUT2D eigenvalue weighted by Crippen LogP contribution is 2.17. The summed E-state index contributed by atoms with van der Waals surface area (Å²) in [5.74, 6) is 0.247. The van der Waals surface area contributed by atoms with E-state index in [2.05, 4.69) is 4.72 Å². The molecule has 0 aliphatic carbocycles. The van der Waals surface area contributed by atoms with Gasteiger partial charge < -0.3 is 9.64 Å². The molecule has 0 atom stereocenters. The van der Waals surface area contributed by atoms with Crippen molar-refractivity contribution in [1.29, 1.82) is 0 Å². The molecule has 2 rings (SSSR count). The van der Waals surface area contributed by atoms with Crippen LogP contribution in [-0.4, -0.2) is 34.5 Å². The summed E-state index contributed by atoms with van der Waals surface area (Å²) in [6.45, 7) is 3.93. The van der Waals surface area contributed by atoms with E-state index >= 15 is 0 Å². The van der Waals surface area contributed by atoms with Crippen LogP contribution in [0.1, 0.15) is 12.5 Å². The predicted octanol–water partition coefficient (Wildman–Crippen LogP) is 2.34. The molecule has 2 aromatic rings. The topological polar surface area (TPSA) is 75.7 Å². The molecule has 25 heavy (non-hydrogen) atoms. The predicted molar refractivity (Wildman–Crippen MR) is 97.4 cm³/mol. The number of ether oxygens (including phenoxy) is 1. The second-order valence-corrected chi connectivity index (χ2v) is 7.24. The number of benzene rings is 2. The van der Waals surface area contributed by atoms with Gasteiger partial charge >= 0.3 is 0 Å². The third-order valence-electron chi connectivity index (χ3n) is 3.71. The van der Waals surface area contributed by atoms with Crippen molar-refractivity contribution in [3.63, 3.8) is 0 Å². The molecule has 0 bridgehead atoms. The number of aryl methyl sites for hydroxylation is 1. The first-order valence-corrected chi connectivity index (χ1v) is 9.36. The lowest BCUT2D eigenvalue weighted by Gasteiger charge is -2.21. The van der Waals surface area contributed by atoms with Crippen LogP contribution in [0.2, 0.25) is 0 Å². The summed E-state index contributed by atoms with van der Waals surface area (Å²) in [6.07, 6.45) is 0. The summed E-state index contributed by atoms with van der Waals surface area (Å²) in [7, 11) is -2.26. The van der Waals surface area contributed by atoms with Gasteiger partial charge in [-0.05, 0) is 55.8 Å². The van der Waals surface area contributed by atoms with Crippen molar-refractivity contribution in [3.8, 4) is 5.75 Å². The number of nitrogens with zero attached hydrogens (tertiary/aromatic N) is 1. The van der Waals surface area contributed by atoms with Crippen molar-refractivity contribution in [2.75, 3.05) is 25.1 Å². The normalized spacial score (nSPS) is 11.2. The number of methoxy groups -OCH3 is 1. The number of rotatable bonds is 7. The number of anilines is 1. The van der Waals surface area contributed by atoms with Crippen molar-refractivity contribution in [2.45, 2.75) is 18.7 Å². The molecule has 1 N–H and O–H groups in total. The van der Waals surface area contributed by atoms with Crippen LogP contribution in [0.25, 0.3) is 0 Å². The Hall–Kier alpha value is -2.38. The van der Waals surface area contributed by atoms with E-state index in [0.29, 0.717) is 12.3 Å². The largest absolute Gasteiger partial charge is 0.497 e.